The highest BCUT2D eigenvalue weighted by molar-refractivity contribution is 5.93. The smallest absolute Gasteiger partial charge is 0.266 e. The number of aromatic nitrogens is 1. The highest BCUT2D eigenvalue weighted by atomic mass is 16.5. The third-order valence-electron chi connectivity index (χ3n) is 2.39. The number of anilines is 1. The molecule has 0 bridgehead atoms. The number of carbonyl (C=O) groups excluding carboxylic acids is 1. The van der Waals surface area contributed by atoms with Crippen LogP contribution in [0.4, 0.5) is 5.82 Å². The summed E-state index contributed by atoms with van der Waals surface area (Å²) in [5, 5.41) is 6.18. The summed E-state index contributed by atoms with van der Waals surface area (Å²) in [4.78, 5) is 11.8. The second-order valence-electron chi connectivity index (χ2n) is 3.95. The molecule has 0 radical (unpaired) electrons. The van der Waals surface area contributed by atoms with Crippen LogP contribution >= 0.6 is 0 Å². The van der Waals surface area contributed by atoms with Gasteiger partial charge in [0.2, 0.25) is 0 Å². The van der Waals surface area contributed by atoms with Crippen molar-refractivity contribution in [1.29, 1.82) is 0 Å². The van der Waals surface area contributed by atoms with E-state index in [1.807, 2.05) is 31.2 Å². The standard InChI is InChI=1S/C13H14N2O3/c1-9-3-5-11(6-4-9)18-10(2)13(16)14-12-7-8-17-15-12/h3-8,10H,1-2H3,(H,14,15,16)/t10-/m1/s1. The van der Waals surface area contributed by atoms with Crippen LogP contribution in [0.15, 0.2) is 41.1 Å². The Labute approximate surface area is 105 Å². The molecule has 0 saturated carbocycles. The summed E-state index contributed by atoms with van der Waals surface area (Å²) < 4.78 is 10.1. The number of hydrogen-bond donors (Lipinski definition) is 1. The van der Waals surface area contributed by atoms with Gasteiger partial charge < -0.3 is 14.6 Å². The summed E-state index contributed by atoms with van der Waals surface area (Å²) in [7, 11) is 0. The zero-order chi connectivity index (χ0) is 13.0. The molecule has 0 aliphatic carbocycles. The first-order valence-electron chi connectivity index (χ1n) is 5.60. The molecule has 0 unspecified atom stereocenters. The Morgan fingerprint density at radius 1 is 1.33 bits per heavy atom. The molecule has 0 saturated heterocycles. The Hall–Kier alpha value is -2.30. The van der Waals surface area contributed by atoms with E-state index in [0.717, 1.165) is 5.56 Å². The maximum Gasteiger partial charge on any atom is 0.266 e. The van der Waals surface area contributed by atoms with E-state index in [1.54, 1.807) is 13.0 Å². The van der Waals surface area contributed by atoms with E-state index >= 15 is 0 Å². The zero-order valence-electron chi connectivity index (χ0n) is 10.2. The van der Waals surface area contributed by atoms with E-state index < -0.39 is 6.10 Å². The molecule has 2 rings (SSSR count). The second kappa shape index (κ2) is 5.35. The summed E-state index contributed by atoms with van der Waals surface area (Å²) in [5.41, 5.74) is 1.14. The minimum absolute atomic E-state index is 0.274. The minimum atomic E-state index is -0.607. The van der Waals surface area contributed by atoms with Crippen LogP contribution in [0.5, 0.6) is 5.75 Å². The van der Waals surface area contributed by atoms with Crippen LogP contribution in [0.25, 0.3) is 0 Å². The number of rotatable bonds is 4. The molecule has 1 aromatic carbocycles. The van der Waals surface area contributed by atoms with Crippen LogP contribution < -0.4 is 10.1 Å². The Morgan fingerprint density at radius 3 is 2.67 bits per heavy atom. The number of nitrogens with one attached hydrogen (secondary N) is 1. The first-order valence-corrected chi connectivity index (χ1v) is 5.60. The van der Waals surface area contributed by atoms with Gasteiger partial charge in [-0.15, -0.1) is 0 Å². The van der Waals surface area contributed by atoms with Crippen LogP contribution in [0.2, 0.25) is 0 Å². The van der Waals surface area contributed by atoms with Crippen molar-refractivity contribution < 1.29 is 14.1 Å². The second-order valence-corrected chi connectivity index (χ2v) is 3.95. The summed E-state index contributed by atoms with van der Waals surface area (Å²) in [6.45, 7) is 3.67. The normalized spacial score (nSPS) is 11.9. The molecule has 0 fully saturated rings. The Balaban J connectivity index is 1.93. The van der Waals surface area contributed by atoms with Crippen LogP contribution in [-0.2, 0) is 4.79 Å². The number of aryl methyl sites for hydroxylation is 1. The molecule has 0 aliphatic rings. The predicted molar refractivity (Wildman–Crippen MR) is 66.4 cm³/mol. The first-order chi connectivity index (χ1) is 8.65. The highest BCUT2D eigenvalue weighted by Crippen LogP contribution is 2.14. The van der Waals surface area contributed by atoms with E-state index in [4.69, 9.17) is 4.74 Å². The lowest BCUT2D eigenvalue weighted by atomic mass is 10.2. The number of amides is 1. The molecule has 5 nitrogen and oxygen atoms in total. The van der Waals surface area contributed by atoms with Crippen molar-refractivity contribution in [2.24, 2.45) is 0 Å². The minimum Gasteiger partial charge on any atom is -0.481 e. The SMILES string of the molecule is Cc1ccc(O[C@H](C)C(=O)Nc2ccon2)cc1. The highest BCUT2D eigenvalue weighted by Gasteiger charge is 2.15. The molecule has 1 atom stereocenters. The number of ether oxygens (including phenoxy) is 1. The fraction of sp³-hybridized carbons (Fsp3) is 0.231. The van der Waals surface area contributed by atoms with Gasteiger partial charge in [0.1, 0.15) is 12.0 Å². The van der Waals surface area contributed by atoms with Crippen molar-refractivity contribution >= 4 is 11.7 Å². The van der Waals surface area contributed by atoms with Crippen LogP contribution in [0.1, 0.15) is 12.5 Å². The molecule has 1 N–H and O–H groups in total. The van der Waals surface area contributed by atoms with Gasteiger partial charge in [-0.05, 0) is 26.0 Å². The summed E-state index contributed by atoms with van der Waals surface area (Å²) in [6, 6.07) is 9.08. The molecule has 5 heteroatoms. The maximum absolute atomic E-state index is 11.8. The molecule has 0 aliphatic heterocycles. The van der Waals surface area contributed by atoms with Gasteiger partial charge in [0.15, 0.2) is 11.9 Å². The van der Waals surface area contributed by atoms with E-state index in [-0.39, 0.29) is 5.91 Å². The summed E-state index contributed by atoms with van der Waals surface area (Å²) in [6.07, 6.45) is 0.783. The molecule has 0 spiro atoms. The molecule has 2 aromatic rings. The predicted octanol–water partition coefficient (Wildman–Crippen LogP) is 2.39. The lowest BCUT2D eigenvalue weighted by Gasteiger charge is -2.13. The third-order valence-corrected chi connectivity index (χ3v) is 2.39. The molecular weight excluding hydrogens is 232 g/mol. The number of nitrogens with zero attached hydrogens (tertiary/aromatic N) is 1. The van der Waals surface area contributed by atoms with Gasteiger partial charge in [-0.1, -0.05) is 22.9 Å². The van der Waals surface area contributed by atoms with Crippen LogP contribution in [0.3, 0.4) is 0 Å². The first kappa shape index (κ1) is 12.2. The van der Waals surface area contributed by atoms with Crippen LogP contribution in [-0.4, -0.2) is 17.2 Å². The van der Waals surface area contributed by atoms with Gasteiger partial charge in [0.05, 0.1) is 0 Å². The summed E-state index contributed by atoms with van der Waals surface area (Å²) >= 11 is 0. The third kappa shape index (κ3) is 3.10. The Bertz CT molecular complexity index is 506. The van der Waals surface area contributed by atoms with Crippen LogP contribution in [0, 0.1) is 6.92 Å². The van der Waals surface area contributed by atoms with E-state index in [2.05, 4.69) is 15.0 Å². The molecule has 1 aromatic heterocycles. The zero-order valence-corrected chi connectivity index (χ0v) is 10.2. The largest absolute Gasteiger partial charge is 0.481 e. The Morgan fingerprint density at radius 2 is 2.06 bits per heavy atom. The fourth-order valence-electron chi connectivity index (χ4n) is 1.38. The number of carbonyl (C=O) groups is 1. The lowest BCUT2D eigenvalue weighted by molar-refractivity contribution is -0.122. The van der Waals surface area contributed by atoms with Gasteiger partial charge in [-0.25, -0.2) is 0 Å². The van der Waals surface area contributed by atoms with Gasteiger partial charge in [-0.3, -0.25) is 4.79 Å². The fourth-order valence-corrected chi connectivity index (χ4v) is 1.38. The molecule has 94 valence electrons. The van der Waals surface area contributed by atoms with Crippen molar-refractivity contribution in [2.75, 3.05) is 5.32 Å². The van der Waals surface area contributed by atoms with Crippen molar-refractivity contribution in [2.45, 2.75) is 20.0 Å². The van der Waals surface area contributed by atoms with E-state index in [0.29, 0.717) is 11.6 Å². The lowest BCUT2D eigenvalue weighted by Crippen LogP contribution is -2.30. The quantitative estimate of drug-likeness (QED) is 0.899. The van der Waals surface area contributed by atoms with Crippen molar-refractivity contribution in [3.8, 4) is 5.75 Å². The average molecular weight is 246 g/mol. The Kier molecular flexibility index (Phi) is 3.62. The maximum atomic E-state index is 11.8. The number of hydrogen-bond acceptors (Lipinski definition) is 4. The molecule has 1 heterocycles. The molecular formula is C13H14N2O3. The molecule has 1 amide bonds. The topological polar surface area (TPSA) is 64.4 Å². The van der Waals surface area contributed by atoms with Gasteiger partial charge in [0.25, 0.3) is 5.91 Å². The molecule has 18 heavy (non-hydrogen) atoms. The monoisotopic (exact) mass is 246 g/mol. The van der Waals surface area contributed by atoms with Gasteiger partial charge in [0, 0.05) is 6.07 Å². The van der Waals surface area contributed by atoms with E-state index in [1.165, 1.54) is 6.26 Å². The van der Waals surface area contributed by atoms with Gasteiger partial charge >= 0.3 is 0 Å². The number of benzene rings is 1. The van der Waals surface area contributed by atoms with Crippen molar-refractivity contribution in [3.05, 3.63) is 42.2 Å². The van der Waals surface area contributed by atoms with Crippen molar-refractivity contribution in [3.63, 3.8) is 0 Å². The van der Waals surface area contributed by atoms with Crippen molar-refractivity contribution in [1.82, 2.24) is 5.16 Å². The summed E-state index contributed by atoms with van der Waals surface area (Å²) in [5.74, 6) is 0.757. The average Bonchev–Trinajstić information content (AvgIpc) is 2.85. The van der Waals surface area contributed by atoms with Gasteiger partial charge in [-0.2, -0.15) is 0 Å². The van der Waals surface area contributed by atoms with E-state index in [9.17, 15) is 4.79 Å².